The Morgan fingerprint density at radius 1 is 1.10 bits per heavy atom. The normalized spacial score (nSPS) is 11.5. The average Bonchev–Trinajstić information content (AvgIpc) is 3.48. The first-order chi connectivity index (χ1) is 15.1. The van der Waals surface area contributed by atoms with Gasteiger partial charge in [-0.3, -0.25) is 9.36 Å². The standard InChI is InChI=1S/C22H18ClN5O2S/c1-15(19-8-5-13-30-19)24-25-20(29)14-31-22-27-26-21(16-6-3-2-4-7-16)28(22)18-11-9-17(23)10-12-18/h2-13H,14H2,1H3,(H,25,29)/b24-15-. The highest BCUT2D eigenvalue weighted by atomic mass is 35.5. The van der Waals surface area contributed by atoms with Crippen LogP contribution in [0.15, 0.2) is 87.7 Å². The predicted molar refractivity (Wildman–Crippen MR) is 122 cm³/mol. The highest BCUT2D eigenvalue weighted by Gasteiger charge is 2.17. The minimum Gasteiger partial charge on any atom is -0.463 e. The topological polar surface area (TPSA) is 85.3 Å². The summed E-state index contributed by atoms with van der Waals surface area (Å²) in [5.41, 5.74) is 4.89. The zero-order valence-corrected chi connectivity index (χ0v) is 18.1. The van der Waals surface area contributed by atoms with Gasteiger partial charge in [0.05, 0.1) is 12.0 Å². The molecule has 4 aromatic rings. The molecule has 0 atom stereocenters. The molecule has 1 amide bonds. The fourth-order valence-corrected chi connectivity index (χ4v) is 3.68. The van der Waals surface area contributed by atoms with Crippen LogP contribution in [0.4, 0.5) is 0 Å². The maximum absolute atomic E-state index is 12.3. The molecular formula is C22H18ClN5O2S. The monoisotopic (exact) mass is 451 g/mol. The fourth-order valence-electron chi connectivity index (χ4n) is 2.81. The van der Waals surface area contributed by atoms with Crippen molar-refractivity contribution < 1.29 is 9.21 Å². The molecule has 1 N–H and O–H groups in total. The van der Waals surface area contributed by atoms with Gasteiger partial charge in [0.25, 0.3) is 5.91 Å². The molecule has 0 aliphatic carbocycles. The van der Waals surface area contributed by atoms with E-state index in [0.717, 1.165) is 11.3 Å². The average molecular weight is 452 g/mol. The minimum absolute atomic E-state index is 0.120. The SMILES string of the molecule is C/C(=N/NC(=O)CSc1nnc(-c2ccccc2)n1-c1ccc(Cl)cc1)c1ccco1. The summed E-state index contributed by atoms with van der Waals surface area (Å²) in [7, 11) is 0. The molecular weight excluding hydrogens is 434 g/mol. The van der Waals surface area contributed by atoms with E-state index in [-0.39, 0.29) is 11.7 Å². The van der Waals surface area contributed by atoms with Crippen molar-refractivity contribution in [3.05, 3.63) is 83.8 Å². The molecule has 0 unspecified atom stereocenters. The zero-order valence-electron chi connectivity index (χ0n) is 16.5. The maximum Gasteiger partial charge on any atom is 0.250 e. The first-order valence-electron chi connectivity index (χ1n) is 9.38. The molecule has 2 aromatic carbocycles. The van der Waals surface area contributed by atoms with Crippen molar-refractivity contribution in [3.63, 3.8) is 0 Å². The van der Waals surface area contributed by atoms with Crippen molar-refractivity contribution in [3.8, 4) is 17.1 Å². The first kappa shape index (κ1) is 20.9. The van der Waals surface area contributed by atoms with Gasteiger partial charge < -0.3 is 4.42 Å². The number of halogens is 1. The number of rotatable bonds is 7. The van der Waals surface area contributed by atoms with E-state index in [4.69, 9.17) is 16.0 Å². The van der Waals surface area contributed by atoms with Crippen LogP contribution in [0.5, 0.6) is 0 Å². The van der Waals surface area contributed by atoms with Crippen molar-refractivity contribution in [1.29, 1.82) is 0 Å². The zero-order chi connectivity index (χ0) is 21.6. The van der Waals surface area contributed by atoms with Crippen molar-refractivity contribution >= 4 is 35.0 Å². The number of hydrogen-bond acceptors (Lipinski definition) is 6. The lowest BCUT2D eigenvalue weighted by atomic mass is 10.2. The van der Waals surface area contributed by atoms with E-state index in [0.29, 0.717) is 27.5 Å². The Bertz CT molecular complexity index is 1190. The number of hydrogen-bond donors (Lipinski definition) is 1. The molecule has 0 fully saturated rings. The second kappa shape index (κ2) is 9.63. The lowest BCUT2D eigenvalue weighted by Crippen LogP contribution is -2.21. The van der Waals surface area contributed by atoms with E-state index in [1.807, 2.05) is 47.0 Å². The van der Waals surface area contributed by atoms with Gasteiger partial charge in [0.15, 0.2) is 11.0 Å². The molecule has 0 saturated heterocycles. The Hall–Kier alpha value is -3.36. The highest BCUT2D eigenvalue weighted by molar-refractivity contribution is 7.99. The van der Waals surface area contributed by atoms with E-state index in [2.05, 4.69) is 20.7 Å². The van der Waals surface area contributed by atoms with Crippen LogP contribution < -0.4 is 5.43 Å². The molecule has 0 bridgehead atoms. The molecule has 0 radical (unpaired) electrons. The maximum atomic E-state index is 12.3. The van der Waals surface area contributed by atoms with Crippen molar-refractivity contribution in [1.82, 2.24) is 20.2 Å². The number of aromatic nitrogens is 3. The Kier molecular flexibility index (Phi) is 6.49. The van der Waals surface area contributed by atoms with Crippen LogP contribution in [0.2, 0.25) is 5.02 Å². The Morgan fingerprint density at radius 3 is 2.58 bits per heavy atom. The third-order valence-electron chi connectivity index (χ3n) is 4.31. The van der Waals surface area contributed by atoms with Crippen molar-refractivity contribution in [2.45, 2.75) is 12.1 Å². The molecule has 0 aliphatic heterocycles. The van der Waals surface area contributed by atoms with Gasteiger partial charge in [0.2, 0.25) is 0 Å². The molecule has 0 saturated carbocycles. The number of carbonyl (C=O) groups excluding carboxylic acids is 1. The van der Waals surface area contributed by atoms with Crippen LogP contribution >= 0.6 is 23.4 Å². The number of furan rings is 1. The van der Waals surface area contributed by atoms with Gasteiger partial charge >= 0.3 is 0 Å². The third kappa shape index (κ3) is 5.04. The van der Waals surface area contributed by atoms with Crippen molar-refractivity contribution in [2.75, 3.05) is 5.75 Å². The summed E-state index contributed by atoms with van der Waals surface area (Å²) in [4.78, 5) is 12.3. The second-order valence-electron chi connectivity index (χ2n) is 6.48. The van der Waals surface area contributed by atoms with Crippen LogP contribution in [0.3, 0.4) is 0 Å². The molecule has 7 nitrogen and oxygen atoms in total. The Labute approximate surface area is 188 Å². The van der Waals surface area contributed by atoms with Gasteiger partial charge in [-0.1, -0.05) is 53.7 Å². The van der Waals surface area contributed by atoms with E-state index in [1.165, 1.54) is 11.8 Å². The van der Waals surface area contributed by atoms with E-state index >= 15 is 0 Å². The minimum atomic E-state index is -0.261. The van der Waals surface area contributed by atoms with Gasteiger partial charge in [-0.15, -0.1) is 10.2 Å². The summed E-state index contributed by atoms with van der Waals surface area (Å²) in [5.74, 6) is 1.14. The number of hydrazone groups is 1. The largest absolute Gasteiger partial charge is 0.463 e. The molecule has 2 aromatic heterocycles. The number of amides is 1. The lowest BCUT2D eigenvalue weighted by Gasteiger charge is -2.10. The number of benzene rings is 2. The summed E-state index contributed by atoms with van der Waals surface area (Å²) >= 11 is 7.32. The van der Waals surface area contributed by atoms with Crippen LogP contribution in [0.1, 0.15) is 12.7 Å². The highest BCUT2D eigenvalue weighted by Crippen LogP contribution is 2.28. The number of nitrogens with zero attached hydrogens (tertiary/aromatic N) is 4. The van der Waals surface area contributed by atoms with Crippen LogP contribution in [-0.2, 0) is 4.79 Å². The van der Waals surface area contributed by atoms with Gasteiger partial charge in [-0.05, 0) is 43.3 Å². The number of thioether (sulfide) groups is 1. The van der Waals surface area contributed by atoms with Crippen LogP contribution in [-0.4, -0.2) is 32.1 Å². The fraction of sp³-hybridized carbons (Fsp3) is 0.0909. The van der Waals surface area contributed by atoms with Crippen LogP contribution in [0, 0.1) is 0 Å². The van der Waals surface area contributed by atoms with Gasteiger partial charge in [-0.25, -0.2) is 5.43 Å². The van der Waals surface area contributed by atoms with Gasteiger partial charge in [0.1, 0.15) is 11.5 Å². The summed E-state index contributed by atoms with van der Waals surface area (Å²) in [6, 6.07) is 20.7. The molecule has 2 heterocycles. The molecule has 156 valence electrons. The summed E-state index contributed by atoms with van der Waals surface area (Å²) < 4.78 is 7.16. The molecule has 9 heteroatoms. The number of nitrogens with one attached hydrogen (secondary N) is 1. The lowest BCUT2D eigenvalue weighted by molar-refractivity contribution is -0.118. The summed E-state index contributed by atoms with van der Waals surface area (Å²) in [6.07, 6.45) is 1.56. The summed E-state index contributed by atoms with van der Waals surface area (Å²) in [5, 5.41) is 14.0. The Balaban J connectivity index is 1.54. The molecule has 31 heavy (non-hydrogen) atoms. The number of carbonyl (C=O) groups is 1. The van der Waals surface area contributed by atoms with Crippen LogP contribution in [0.25, 0.3) is 17.1 Å². The van der Waals surface area contributed by atoms with Gasteiger partial charge in [0, 0.05) is 16.3 Å². The van der Waals surface area contributed by atoms with E-state index in [1.54, 1.807) is 37.5 Å². The first-order valence-corrected chi connectivity index (χ1v) is 10.7. The summed E-state index contributed by atoms with van der Waals surface area (Å²) in [6.45, 7) is 1.76. The van der Waals surface area contributed by atoms with E-state index in [9.17, 15) is 4.79 Å². The van der Waals surface area contributed by atoms with E-state index < -0.39 is 0 Å². The van der Waals surface area contributed by atoms with Gasteiger partial charge in [-0.2, -0.15) is 5.10 Å². The molecule has 0 spiro atoms. The Morgan fingerprint density at radius 2 is 1.87 bits per heavy atom. The molecule has 4 rings (SSSR count). The smallest absolute Gasteiger partial charge is 0.250 e. The molecule has 0 aliphatic rings. The predicted octanol–water partition coefficient (Wildman–Crippen LogP) is 4.81. The quantitative estimate of drug-likeness (QED) is 0.247. The second-order valence-corrected chi connectivity index (χ2v) is 7.86. The third-order valence-corrected chi connectivity index (χ3v) is 5.49. The van der Waals surface area contributed by atoms with Crippen molar-refractivity contribution in [2.24, 2.45) is 5.10 Å².